The summed E-state index contributed by atoms with van der Waals surface area (Å²) in [7, 11) is 0. The number of hydrogen-bond acceptors (Lipinski definition) is 2. The van der Waals surface area contributed by atoms with Gasteiger partial charge in [0.05, 0.1) is 0 Å². The molecule has 0 aliphatic rings. The van der Waals surface area contributed by atoms with Crippen LogP contribution < -0.4 is 5.73 Å². The molecule has 0 radical (unpaired) electrons. The highest BCUT2D eigenvalue weighted by Crippen LogP contribution is 2.19. The van der Waals surface area contributed by atoms with Gasteiger partial charge in [0.15, 0.2) is 0 Å². The van der Waals surface area contributed by atoms with E-state index in [0.29, 0.717) is 13.0 Å². The van der Waals surface area contributed by atoms with Crippen molar-refractivity contribution in [1.29, 1.82) is 0 Å². The molecule has 0 aliphatic carbocycles. The molecule has 0 rings (SSSR count). The lowest BCUT2D eigenvalue weighted by Gasteiger charge is -2.21. The predicted octanol–water partition coefficient (Wildman–Crippen LogP) is 1.94. The predicted molar refractivity (Wildman–Crippen MR) is 44.3 cm³/mol. The Balaban J connectivity index is 3.47. The molecule has 0 aromatic rings. The van der Waals surface area contributed by atoms with Crippen molar-refractivity contribution in [1.82, 2.24) is 0 Å². The van der Waals surface area contributed by atoms with E-state index in [1.807, 2.05) is 13.8 Å². The van der Waals surface area contributed by atoms with E-state index in [1.165, 1.54) is 0 Å². The second kappa shape index (κ2) is 4.81. The molecule has 80 valence electrons. The summed E-state index contributed by atoms with van der Waals surface area (Å²) < 4.78 is 39.3. The van der Waals surface area contributed by atoms with Crippen molar-refractivity contribution >= 4 is 0 Å². The van der Waals surface area contributed by atoms with Crippen LogP contribution >= 0.6 is 0 Å². The maximum atomic E-state index is 11.6. The molecule has 0 aromatic carbocycles. The Morgan fingerprint density at radius 3 is 2.15 bits per heavy atom. The molecule has 13 heavy (non-hydrogen) atoms. The normalized spacial score (nSPS) is 13.4. The van der Waals surface area contributed by atoms with Gasteiger partial charge < -0.3 is 10.5 Å². The van der Waals surface area contributed by atoms with Crippen molar-refractivity contribution in [2.45, 2.75) is 26.4 Å². The molecule has 5 heteroatoms. The Labute approximate surface area is 76.2 Å². The maximum absolute atomic E-state index is 11.6. The van der Waals surface area contributed by atoms with Crippen LogP contribution in [0.15, 0.2) is 0 Å². The highest BCUT2D eigenvalue weighted by atomic mass is 19.4. The zero-order valence-electron chi connectivity index (χ0n) is 7.95. The second-order valence-corrected chi connectivity index (χ2v) is 3.79. The third kappa shape index (κ3) is 8.05. The average molecular weight is 199 g/mol. The van der Waals surface area contributed by atoms with Crippen LogP contribution in [0, 0.1) is 5.41 Å². The van der Waals surface area contributed by atoms with Crippen molar-refractivity contribution in [2.75, 3.05) is 19.8 Å². The van der Waals surface area contributed by atoms with Gasteiger partial charge in [-0.1, -0.05) is 13.8 Å². The summed E-state index contributed by atoms with van der Waals surface area (Å²) in [6, 6.07) is 0. The second-order valence-electron chi connectivity index (χ2n) is 3.79. The zero-order chi connectivity index (χ0) is 10.5. The highest BCUT2D eigenvalue weighted by Gasteiger charge is 2.27. The molecule has 0 saturated heterocycles. The largest absolute Gasteiger partial charge is 0.411 e. The van der Waals surface area contributed by atoms with E-state index < -0.39 is 12.8 Å². The molecule has 0 heterocycles. The van der Waals surface area contributed by atoms with Crippen LogP contribution in [0.4, 0.5) is 13.2 Å². The lowest BCUT2D eigenvalue weighted by atomic mass is 9.90. The van der Waals surface area contributed by atoms with Gasteiger partial charge in [-0.2, -0.15) is 13.2 Å². The third-order valence-electron chi connectivity index (χ3n) is 1.74. The molecule has 0 amide bonds. The molecule has 0 aromatic heterocycles. The van der Waals surface area contributed by atoms with Crippen LogP contribution in [0.5, 0.6) is 0 Å². The van der Waals surface area contributed by atoms with Gasteiger partial charge in [-0.15, -0.1) is 0 Å². The monoisotopic (exact) mass is 199 g/mol. The summed E-state index contributed by atoms with van der Waals surface area (Å²) in [6.07, 6.45) is -3.69. The Bertz CT molecular complexity index is 145. The highest BCUT2D eigenvalue weighted by molar-refractivity contribution is 4.68. The van der Waals surface area contributed by atoms with Gasteiger partial charge >= 0.3 is 6.18 Å². The molecular formula is C8H16F3NO. The van der Waals surface area contributed by atoms with Gasteiger partial charge in [-0.3, -0.25) is 0 Å². The van der Waals surface area contributed by atoms with E-state index in [2.05, 4.69) is 4.74 Å². The molecule has 0 saturated carbocycles. The van der Waals surface area contributed by atoms with Gasteiger partial charge in [0.1, 0.15) is 6.61 Å². The number of nitrogens with two attached hydrogens (primary N) is 1. The Morgan fingerprint density at radius 2 is 1.77 bits per heavy atom. The smallest absolute Gasteiger partial charge is 0.372 e. The van der Waals surface area contributed by atoms with Crippen molar-refractivity contribution in [2.24, 2.45) is 11.1 Å². The lowest BCUT2D eigenvalue weighted by Crippen LogP contribution is -2.26. The fourth-order valence-corrected chi connectivity index (χ4v) is 0.638. The number of hydrogen-bond donors (Lipinski definition) is 1. The number of ether oxygens (including phenoxy) is 1. The fourth-order valence-electron chi connectivity index (χ4n) is 0.638. The van der Waals surface area contributed by atoms with Gasteiger partial charge in [-0.05, 0) is 18.4 Å². The number of rotatable bonds is 5. The van der Waals surface area contributed by atoms with Crippen molar-refractivity contribution < 1.29 is 17.9 Å². The first-order valence-electron chi connectivity index (χ1n) is 4.11. The fraction of sp³-hybridized carbons (Fsp3) is 1.00. The standard InChI is InChI=1S/C8H16F3NO/c1-7(2,5-12)3-4-13-6-8(9,10)11/h3-6,12H2,1-2H3. The van der Waals surface area contributed by atoms with Gasteiger partial charge in [-0.25, -0.2) is 0 Å². The molecule has 2 nitrogen and oxygen atoms in total. The van der Waals surface area contributed by atoms with Crippen LogP contribution in [-0.4, -0.2) is 25.9 Å². The van der Waals surface area contributed by atoms with Crippen LogP contribution in [0.2, 0.25) is 0 Å². The Morgan fingerprint density at radius 1 is 1.23 bits per heavy atom. The molecule has 0 unspecified atom stereocenters. The number of alkyl halides is 3. The van der Waals surface area contributed by atoms with Crippen molar-refractivity contribution in [3.63, 3.8) is 0 Å². The molecule has 0 fully saturated rings. The molecular weight excluding hydrogens is 183 g/mol. The first-order valence-corrected chi connectivity index (χ1v) is 4.11. The minimum absolute atomic E-state index is 0.101. The number of halogens is 3. The maximum Gasteiger partial charge on any atom is 0.411 e. The zero-order valence-corrected chi connectivity index (χ0v) is 7.95. The quantitative estimate of drug-likeness (QED) is 0.687. The Hall–Kier alpha value is -0.290. The van der Waals surface area contributed by atoms with Gasteiger partial charge in [0.2, 0.25) is 0 Å². The van der Waals surface area contributed by atoms with Crippen molar-refractivity contribution in [3.05, 3.63) is 0 Å². The lowest BCUT2D eigenvalue weighted by molar-refractivity contribution is -0.175. The molecule has 0 atom stereocenters. The van der Waals surface area contributed by atoms with E-state index in [1.54, 1.807) is 0 Å². The topological polar surface area (TPSA) is 35.2 Å². The minimum Gasteiger partial charge on any atom is -0.372 e. The minimum atomic E-state index is -4.23. The summed E-state index contributed by atoms with van der Waals surface area (Å²) in [5.74, 6) is 0. The van der Waals surface area contributed by atoms with E-state index in [9.17, 15) is 13.2 Å². The van der Waals surface area contributed by atoms with Crippen molar-refractivity contribution in [3.8, 4) is 0 Å². The molecule has 0 bridgehead atoms. The molecule has 0 spiro atoms. The van der Waals surface area contributed by atoms with Crippen LogP contribution in [0.1, 0.15) is 20.3 Å². The summed E-state index contributed by atoms with van der Waals surface area (Å²) in [5.41, 5.74) is 5.25. The molecule has 0 aliphatic heterocycles. The first-order chi connectivity index (χ1) is 5.77. The molecule has 2 N–H and O–H groups in total. The van der Waals surface area contributed by atoms with Crippen LogP contribution in [-0.2, 0) is 4.74 Å². The van der Waals surface area contributed by atoms with E-state index in [4.69, 9.17) is 5.73 Å². The van der Waals surface area contributed by atoms with Crippen LogP contribution in [0.25, 0.3) is 0 Å². The van der Waals surface area contributed by atoms with Crippen LogP contribution in [0.3, 0.4) is 0 Å². The van der Waals surface area contributed by atoms with E-state index in [-0.39, 0.29) is 12.0 Å². The summed E-state index contributed by atoms with van der Waals surface area (Å²) in [4.78, 5) is 0. The third-order valence-corrected chi connectivity index (χ3v) is 1.74. The summed E-state index contributed by atoms with van der Waals surface area (Å²) >= 11 is 0. The average Bonchev–Trinajstić information content (AvgIpc) is 1.97. The Kier molecular flexibility index (Phi) is 4.70. The summed E-state index contributed by atoms with van der Waals surface area (Å²) in [6.45, 7) is 3.16. The van der Waals surface area contributed by atoms with Gasteiger partial charge in [0.25, 0.3) is 0 Å². The first kappa shape index (κ1) is 12.7. The summed E-state index contributed by atoms with van der Waals surface area (Å²) in [5, 5.41) is 0. The SMILES string of the molecule is CC(C)(CN)CCOCC(F)(F)F. The van der Waals surface area contributed by atoms with E-state index in [0.717, 1.165) is 0 Å². The van der Waals surface area contributed by atoms with E-state index >= 15 is 0 Å². The van der Waals surface area contributed by atoms with Gasteiger partial charge in [0, 0.05) is 6.61 Å².